The van der Waals surface area contributed by atoms with Gasteiger partial charge in [-0.15, -0.1) is 0 Å². The molecular weight excluding hydrogens is 456 g/mol. The molecule has 190 valence electrons. The van der Waals surface area contributed by atoms with Crippen LogP contribution < -0.4 is 0 Å². The van der Waals surface area contributed by atoms with Crippen molar-refractivity contribution in [2.75, 3.05) is 6.61 Å². The summed E-state index contributed by atoms with van der Waals surface area (Å²) < 4.78 is 17.3. The summed E-state index contributed by atoms with van der Waals surface area (Å²) >= 11 is 0. The van der Waals surface area contributed by atoms with Crippen molar-refractivity contribution in [2.24, 2.45) is 33.5 Å². The number of hydrogen-bond acceptors (Lipinski definition) is 9. The smallest absolute Gasteiger partial charge is 0.314 e. The van der Waals surface area contributed by atoms with Crippen molar-refractivity contribution in [1.29, 1.82) is 0 Å². The van der Waals surface area contributed by atoms with Crippen LogP contribution in [0.4, 0.5) is 0 Å². The van der Waals surface area contributed by atoms with Gasteiger partial charge in [-0.05, 0) is 37.3 Å². The molecule has 0 radical (unpaired) electrons. The lowest BCUT2D eigenvalue weighted by atomic mass is 9.33. The quantitative estimate of drug-likeness (QED) is 0.328. The van der Waals surface area contributed by atoms with E-state index >= 15 is 0 Å². The van der Waals surface area contributed by atoms with Crippen LogP contribution in [-0.4, -0.2) is 74.9 Å². The Morgan fingerprint density at radius 1 is 0.943 bits per heavy atom. The van der Waals surface area contributed by atoms with E-state index in [0.29, 0.717) is 6.42 Å². The molecule has 2 bridgehead atoms. The maximum atomic E-state index is 14.3. The van der Waals surface area contributed by atoms with E-state index in [0.717, 1.165) is 5.56 Å². The number of fused-ring (bicyclic) bond motifs is 1. The summed E-state index contributed by atoms with van der Waals surface area (Å²) in [5, 5.41) is 46.0. The summed E-state index contributed by atoms with van der Waals surface area (Å²) in [7, 11) is 0. The maximum Gasteiger partial charge on any atom is 0.314 e. The van der Waals surface area contributed by atoms with E-state index in [1.54, 1.807) is 19.5 Å². The second-order valence-electron chi connectivity index (χ2n) is 12.5. The molecule has 4 saturated carbocycles. The molecule has 0 amide bonds. The molecule has 6 aliphatic rings. The standard InChI is InChI=1S/C26H32O9/c1-22-13-7-15(28)24(3)19(25(13,10-34-21(22)32)16(29)8-14(22)27)18(30)20(31)23(2)12(11-4-5-33-9-11)6-17-26(23,24)35-17/h4-5,9,12-17,19-20,27-29,31H,6-8,10H2,1-3H3/t12-,13-,14+,15+,16-,17+,19-,20-,22?,23+,24+,25+,26+/m0/s1. The molecule has 0 aromatic carbocycles. The number of carbonyl (C=O) groups is 2. The molecule has 1 aromatic heterocycles. The fourth-order valence-electron chi connectivity index (χ4n) is 10.2. The van der Waals surface area contributed by atoms with Crippen LogP contribution in [0.5, 0.6) is 0 Å². The topological polar surface area (TPSA) is 150 Å². The number of rotatable bonds is 1. The average Bonchev–Trinajstić information content (AvgIpc) is 3.18. The van der Waals surface area contributed by atoms with Crippen LogP contribution in [-0.2, 0) is 19.1 Å². The number of carbonyl (C=O) groups excluding carboxylic acids is 2. The van der Waals surface area contributed by atoms with Gasteiger partial charge in [0.05, 0.1) is 42.4 Å². The second-order valence-corrected chi connectivity index (χ2v) is 12.5. The minimum atomic E-state index is -1.42. The van der Waals surface area contributed by atoms with Crippen molar-refractivity contribution in [3.8, 4) is 0 Å². The zero-order chi connectivity index (χ0) is 24.9. The Hall–Kier alpha value is -1.78. The van der Waals surface area contributed by atoms with Crippen LogP contribution >= 0.6 is 0 Å². The van der Waals surface area contributed by atoms with Crippen LogP contribution in [0.1, 0.15) is 51.5 Å². The molecule has 13 atom stereocenters. The van der Waals surface area contributed by atoms with Gasteiger partial charge in [0, 0.05) is 34.5 Å². The van der Waals surface area contributed by atoms with E-state index < -0.39 is 75.3 Å². The molecule has 4 aliphatic carbocycles. The third kappa shape index (κ3) is 1.97. The van der Waals surface area contributed by atoms with Gasteiger partial charge in [0.15, 0.2) is 5.78 Å². The summed E-state index contributed by atoms with van der Waals surface area (Å²) in [4.78, 5) is 27.3. The number of hydrogen-bond donors (Lipinski definition) is 4. The largest absolute Gasteiger partial charge is 0.472 e. The molecule has 1 spiro atoms. The molecule has 35 heavy (non-hydrogen) atoms. The van der Waals surface area contributed by atoms with E-state index in [1.807, 2.05) is 19.9 Å². The third-order valence-electron chi connectivity index (χ3n) is 11.9. The normalized spacial score (nSPS) is 60.2. The van der Waals surface area contributed by atoms with Crippen molar-refractivity contribution < 1.29 is 43.9 Å². The Morgan fingerprint density at radius 2 is 1.69 bits per heavy atom. The van der Waals surface area contributed by atoms with Crippen LogP contribution in [0.3, 0.4) is 0 Å². The van der Waals surface area contributed by atoms with Crippen LogP contribution in [0.25, 0.3) is 0 Å². The Labute approximate surface area is 202 Å². The Morgan fingerprint density at radius 3 is 2.37 bits per heavy atom. The Kier molecular flexibility index (Phi) is 3.97. The molecule has 2 saturated heterocycles. The van der Waals surface area contributed by atoms with Crippen molar-refractivity contribution in [3.05, 3.63) is 24.2 Å². The number of esters is 1. The van der Waals surface area contributed by atoms with Gasteiger partial charge >= 0.3 is 5.97 Å². The summed E-state index contributed by atoms with van der Waals surface area (Å²) in [5.41, 5.74) is -4.92. The number of epoxide rings is 1. The highest BCUT2D eigenvalue weighted by Crippen LogP contribution is 2.82. The lowest BCUT2D eigenvalue weighted by Gasteiger charge is -2.71. The Bertz CT molecular complexity index is 1130. The lowest BCUT2D eigenvalue weighted by Crippen LogP contribution is -2.81. The van der Waals surface area contributed by atoms with Gasteiger partial charge in [-0.25, -0.2) is 0 Å². The first-order valence-corrected chi connectivity index (χ1v) is 12.6. The molecular formula is C26H32O9. The fraction of sp³-hybridized carbons (Fsp3) is 0.769. The Balaban J connectivity index is 1.45. The number of aliphatic hydroxyl groups excluding tert-OH is 4. The van der Waals surface area contributed by atoms with Crippen molar-refractivity contribution in [2.45, 2.75) is 82.1 Å². The van der Waals surface area contributed by atoms with Gasteiger partial charge in [0.2, 0.25) is 0 Å². The van der Waals surface area contributed by atoms with Gasteiger partial charge < -0.3 is 34.3 Å². The van der Waals surface area contributed by atoms with E-state index in [4.69, 9.17) is 13.9 Å². The van der Waals surface area contributed by atoms with E-state index in [9.17, 15) is 30.0 Å². The van der Waals surface area contributed by atoms with Crippen LogP contribution in [0.2, 0.25) is 0 Å². The molecule has 1 aromatic rings. The first-order chi connectivity index (χ1) is 16.4. The predicted octanol–water partition coefficient (Wildman–Crippen LogP) is 0.533. The number of ketones is 1. The lowest BCUT2D eigenvalue weighted by molar-refractivity contribution is -0.312. The molecule has 9 nitrogen and oxygen atoms in total. The molecule has 3 heterocycles. The van der Waals surface area contributed by atoms with Gasteiger partial charge in [0.25, 0.3) is 0 Å². The van der Waals surface area contributed by atoms with Crippen molar-refractivity contribution in [1.82, 2.24) is 0 Å². The van der Waals surface area contributed by atoms with E-state index in [2.05, 4.69) is 0 Å². The minimum Gasteiger partial charge on any atom is -0.472 e. The molecule has 6 fully saturated rings. The first kappa shape index (κ1) is 22.4. The molecule has 9 heteroatoms. The van der Waals surface area contributed by atoms with Gasteiger partial charge in [-0.1, -0.05) is 13.8 Å². The SMILES string of the molecule is CC12C(=O)OC[C@]3([C@H]4C(=O)[C@H](O)[C@@]5(C)[C@H](c6ccoc6)C[C@H]6O[C@]65[C@]4(C)[C@H](O)C[C@@H]13)[C@@H](O)C[C@H]2O. The number of Topliss-reactive ketones (excluding diaryl/α,β-unsaturated/α-hetero) is 1. The maximum absolute atomic E-state index is 14.3. The van der Waals surface area contributed by atoms with Crippen LogP contribution in [0.15, 0.2) is 23.0 Å². The summed E-state index contributed by atoms with van der Waals surface area (Å²) in [5.74, 6) is -2.98. The number of aliphatic hydroxyl groups is 4. The third-order valence-corrected chi connectivity index (χ3v) is 11.9. The molecule has 2 aliphatic heterocycles. The van der Waals surface area contributed by atoms with E-state index in [-0.39, 0.29) is 31.5 Å². The highest BCUT2D eigenvalue weighted by Gasteiger charge is 2.92. The number of furan rings is 1. The number of ether oxygens (including phenoxy) is 2. The van der Waals surface area contributed by atoms with Crippen molar-refractivity contribution >= 4 is 11.8 Å². The number of cyclic esters (lactones) is 1. The zero-order valence-corrected chi connectivity index (χ0v) is 20.0. The monoisotopic (exact) mass is 488 g/mol. The summed E-state index contributed by atoms with van der Waals surface area (Å²) in [6.45, 7) is 5.11. The summed E-state index contributed by atoms with van der Waals surface area (Å²) in [6.07, 6.45) is -1.29. The summed E-state index contributed by atoms with van der Waals surface area (Å²) in [6, 6.07) is 1.84. The van der Waals surface area contributed by atoms with Gasteiger partial charge in [-0.3, -0.25) is 9.59 Å². The molecule has 7 rings (SSSR count). The molecule has 1 unspecified atom stereocenters. The van der Waals surface area contributed by atoms with E-state index in [1.165, 1.54) is 0 Å². The highest BCUT2D eigenvalue weighted by molar-refractivity contribution is 5.92. The van der Waals surface area contributed by atoms with Gasteiger partial charge in [0.1, 0.15) is 18.3 Å². The second kappa shape index (κ2) is 6.19. The predicted molar refractivity (Wildman–Crippen MR) is 117 cm³/mol. The first-order valence-electron chi connectivity index (χ1n) is 12.6. The zero-order valence-electron chi connectivity index (χ0n) is 20.0. The molecule has 4 N–H and O–H groups in total. The van der Waals surface area contributed by atoms with Crippen molar-refractivity contribution in [3.63, 3.8) is 0 Å². The fourth-order valence-corrected chi connectivity index (χ4v) is 10.2. The minimum absolute atomic E-state index is 0.0830. The van der Waals surface area contributed by atoms with Crippen LogP contribution in [0, 0.1) is 33.5 Å². The highest BCUT2D eigenvalue weighted by atomic mass is 16.6. The average molecular weight is 489 g/mol. The van der Waals surface area contributed by atoms with Gasteiger partial charge in [-0.2, -0.15) is 0 Å².